The van der Waals surface area contributed by atoms with Crippen molar-refractivity contribution < 1.29 is 56.4 Å². The largest absolute Gasteiger partial charge is 2.00 e. The maximum Gasteiger partial charge on any atom is 2.00 e. The Balaban J connectivity index is -0.0000000813. The predicted octanol–water partition coefficient (Wildman–Crippen LogP) is -0.210. The number of aliphatic carboxylic acids is 4. The molecular formula is C7H12CoN2O8. The Morgan fingerprint density at radius 1 is 0.667 bits per heavy atom. The second kappa shape index (κ2) is 17.7. The van der Waals surface area contributed by atoms with Gasteiger partial charge >= 0.3 is 28.7 Å². The van der Waals surface area contributed by atoms with Crippen molar-refractivity contribution in [2.24, 2.45) is 0 Å². The molecule has 0 bridgehead atoms. The fourth-order valence-electron chi connectivity index (χ4n) is 0.129. The Kier molecular flexibility index (Phi) is 24.8. The van der Waals surface area contributed by atoms with Gasteiger partial charge in [0.05, 0.1) is 0 Å². The van der Waals surface area contributed by atoms with Gasteiger partial charge < -0.3 is 31.9 Å². The molecule has 1 radical (unpaired) electrons. The molecule has 6 N–H and O–H groups in total. The third kappa shape index (κ3) is 63.7. The van der Waals surface area contributed by atoms with Crippen molar-refractivity contribution in [3.05, 3.63) is 11.5 Å². The number of carboxylic acids is 4. The normalized spacial score (nSPS) is 7.22. The maximum absolute atomic E-state index is 9.43. The van der Waals surface area contributed by atoms with Crippen LogP contribution in [-0.4, -0.2) is 57.4 Å². The van der Waals surface area contributed by atoms with Gasteiger partial charge in [0, 0.05) is 0 Å². The van der Waals surface area contributed by atoms with Crippen LogP contribution < -0.4 is 0 Å². The van der Waals surface area contributed by atoms with Crippen molar-refractivity contribution >= 4 is 23.9 Å². The van der Waals surface area contributed by atoms with E-state index in [1.165, 1.54) is 0 Å². The minimum absolute atomic E-state index is 0. The fraction of sp³-hybridized carbons (Fsp3) is 0.429. The zero-order chi connectivity index (χ0) is 14.4. The number of nitrogens with one attached hydrogen (secondary N) is 2. The molecule has 0 aliphatic carbocycles. The van der Waals surface area contributed by atoms with Crippen LogP contribution in [0.25, 0.3) is 11.5 Å². The standard InChI is InChI=1S/C3H4O4.2C2H4NO2.Co/c4-2(5)1-3(6)7;2*3-1-2(4)5;/h1H2,(H,4,5)(H,6,7);2*3H,1H2,(H,4,5);/q;2*-1;+2. The second-order valence-electron chi connectivity index (χ2n) is 2.11. The minimum Gasteiger partial charge on any atom is -0.668 e. The summed E-state index contributed by atoms with van der Waals surface area (Å²) >= 11 is 0. The third-order valence-electron chi connectivity index (χ3n) is 0.605. The Labute approximate surface area is 112 Å². The van der Waals surface area contributed by atoms with E-state index in [-0.39, 0.29) is 16.8 Å². The number of hydrogen-bond donors (Lipinski definition) is 4. The van der Waals surface area contributed by atoms with Gasteiger partial charge in [0.25, 0.3) is 11.9 Å². The molecule has 10 nitrogen and oxygen atoms in total. The summed E-state index contributed by atoms with van der Waals surface area (Å²) in [5.41, 5.74) is 12.1. The molecule has 0 spiro atoms. The summed E-state index contributed by atoms with van der Waals surface area (Å²) in [4.78, 5) is 37.2. The molecule has 0 atom stereocenters. The van der Waals surface area contributed by atoms with Crippen molar-refractivity contribution in [2.75, 3.05) is 13.1 Å². The topological polar surface area (TPSA) is 197 Å². The molecule has 0 saturated carbocycles. The quantitative estimate of drug-likeness (QED) is 0.511. The van der Waals surface area contributed by atoms with Crippen molar-refractivity contribution in [3.63, 3.8) is 0 Å². The van der Waals surface area contributed by atoms with Crippen molar-refractivity contribution in [1.82, 2.24) is 0 Å². The predicted molar refractivity (Wildman–Crippen MR) is 53.5 cm³/mol. The Morgan fingerprint density at radius 3 is 0.833 bits per heavy atom. The van der Waals surface area contributed by atoms with Gasteiger partial charge in [-0.3, -0.25) is 19.2 Å². The third-order valence-corrected chi connectivity index (χ3v) is 0.605. The molecule has 107 valence electrons. The molecule has 0 aromatic rings. The molecule has 11 heteroatoms. The van der Waals surface area contributed by atoms with Crippen LogP contribution in [0, 0.1) is 0 Å². The first kappa shape index (κ1) is 25.2. The average Bonchev–Trinajstić information content (AvgIpc) is 2.17. The van der Waals surface area contributed by atoms with Crippen LogP contribution in [0.4, 0.5) is 0 Å². The van der Waals surface area contributed by atoms with E-state index in [0.29, 0.717) is 0 Å². The van der Waals surface area contributed by atoms with Crippen molar-refractivity contribution in [3.8, 4) is 0 Å². The van der Waals surface area contributed by atoms with E-state index in [9.17, 15) is 19.2 Å². The van der Waals surface area contributed by atoms with Crippen molar-refractivity contribution in [2.45, 2.75) is 6.42 Å². The number of rotatable bonds is 4. The van der Waals surface area contributed by atoms with Crippen LogP contribution in [0.15, 0.2) is 0 Å². The van der Waals surface area contributed by atoms with Crippen LogP contribution in [0.2, 0.25) is 0 Å². The van der Waals surface area contributed by atoms with E-state index in [1.54, 1.807) is 0 Å². The summed E-state index contributed by atoms with van der Waals surface area (Å²) in [6.45, 7) is -1.06. The fourth-order valence-corrected chi connectivity index (χ4v) is 0.129. The van der Waals surface area contributed by atoms with E-state index >= 15 is 0 Å². The van der Waals surface area contributed by atoms with E-state index in [2.05, 4.69) is 0 Å². The van der Waals surface area contributed by atoms with E-state index in [4.69, 9.17) is 31.9 Å². The van der Waals surface area contributed by atoms with Gasteiger partial charge in [-0.2, -0.15) is 0 Å². The van der Waals surface area contributed by atoms with Crippen LogP contribution >= 0.6 is 0 Å². The summed E-state index contributed by atoms with van der Waals surface area (Å²) in [5, 5.41) is 30.5. The SMILES string of the molecule is O=C(O)CC(=O)O.[Co+2].[NH-]CC(=O)O.[NH-]CC(=O)O. The summed E-state index contributed by atoms with van der Waals surface area (Å²) < 4.78 is 0. The van der Waals surface area contributed by atoms with Gasteiger partial charge in [-0.15, -0.1) is 0 Å². The van der Waals surface area contributed by atoms with Crippen LogP contribution in [0.5, 0.6) is 0 Å². The Hall–Kier alpha value is -1.69. The van der Waals surface area contributed by atoms with Gasteiger partial charge in [-0.25, -0.2) is 0 Å². The summed E-state index contributed by atoms with van der Waals surface area (Å²) in [5.74, 6) is -4.78. The number of carbonyl (C=O) groups is 4. The molecule has 0 heterocycles. The molecule has 0 aromatic carbocycles. The molecule has 0 amide bonds. The smallest absolute Gasteiger partial charge is 0.668 e. The van der Waals surface area contributed by atoms with Crippen molar-refractivity contribution in [1.29, 1.82) is 0 Å². The van der Waals surface area contributed by atoms with Gasteiger partial charge in [-0.05, 0) is 0 Å². The Bertz CT molecular complexity index is 244. The zero-order valence-corrected chi connectivity index (χ0v) is 9.92. The molecule has 0 unspecified atom stereocenters. The van der Waals surface area contributed by atoms with E-state index in [0.717, 1.165) is 0 Å². The Morgan fingerprint density at radius 2 is 0.833 bits per heavy atom. The number of carboxylic acid groups (broad SMARTS) is 4. The molecule has 0 saturated heterocycles. The first-order chi connectivity index (χ1) is 7.67. The van der Waals surface area contributed by atoms with Gasteiger partial charge in [-0.1, -0.05) is 13.1 Å². The molecule has 0 aliphatic heterocycles. The summed E-state index contributed by atoms with van der Waals surface area (Å²) in [6, 6.07) is 0. The molecule has 0 fully saturated rings. The van der Waals surface area contributed by atoms with Gasteiger partial charge in [0.2, 0.25) is 0 Å². The van der Waals surface area contributed by atoms with Gasteiger partial charge in [0.15, 0.2) is 0 Å². The first-order valence-electron chi connectivity index (χ1n) is 3.83. The van der Waals surface area contributed by atoms with E-state index in [1.807, 2.05) is 0 Å². The van der Waals surface area contributed by atoms with Crippen LogP contribution in [0.1, 0.15) is 6.42 Å². The van der Waals surface area contributed by atoms with Gasteiger partial charge in [0.1, 0.15) is 6.42 Å². The molecule has 0 aromatic heterocycles. The summed E-state index contributed by atoms with van der Waals surface area (Å²) in [6.07, 6.45) is -0.806. The maximum atomic E-state index is 9.43. The molecular weight excluding hydrogens is 299 g/mol. The molecule has 18 heavy (non-hydrogen) atoms. The number of hydrogen-bond acceptors (Lipinski definition) is 4. The first-order valence-corrected chi connectivity index (χ1v) is 3.83. The monoisotopic (exact) mass is 311 g/mol. The van der Waals surface area contributed by atoms with E-state index < -0.39 is 43.4 Å². The van der Waals surface area contributed by atoms with Crippen LogP contribution in [0.3, 0.4) is 0 Å². The second-order valence-corrected chi connectivity index (χ2v) is 2.11. The molecule has 0 aliphatic rings. The summed E-state index contributed by atoms with van der Waals surface area (Å²) in [7, 11) is 0. The molecule has 0 rings (SSSR count). The van der Waals surface area contributed by atoms with Crippen LogP contribution in [-0.2, 0) is 36.0 Å². The average molecular weight is 311 g/mol. The zero-order valence-electron chi connectivity index (χ0n) is 8.88. The minimum atomic E-state index is -1.31.